The molecule has 0 N–H and O–H groups in total. The van der Waals surface area contributed by atoms with Crippen LogP contribution in [0, 0.1) is 6.92 Å². The Morgan fingerprint density at radius 2 is 1.67 bits per heavy atom. The molecule has 0 unspecified atom stereocenters. The molecule has 27 heavy (non-hydrogen) atoms. The summed E-state index contributed by atoms with van der Waals surface area (Å²) < 4.78 is 2.03. The molecule has 2 heterocycles. The summed E-state index contributed by atoms with van der Waals surface area (Å²) in [5.41, 5.74) is 4.14. The number of hydrogen-bond acceptors (Lipinski definition) is 4. The lowest BCUT2D eigenvalue weighted by Gasteiger charge is -2.20. The molecule has 0 spiro atoms. The van der Waals surface area contributed by atoms with Crippen LogP contribution in [0.5, 0.6) is 0 Å². The lowest BCUT2D eigenvalue weighted by Crippen LogP contribution is -2.22. The summed E-state index contributed by atoms with van der Waals surface area (Å²) in [6, 6.07) is 20.3. The van der Waals surface area contributed by atoms with E-state index in [9.17, 15) is 0 Å². The Hall–Kier alpha value is -3.08. The zero-order chi connectivity index (χ0) is 18.5. The van der Waals surface area contributed by atoms with Crippen molar-refractivity contribution in [3.63, 3.8) is 0 Å². The maximum Gasteiger partial charge on any atom is 0.142 e. The van der Waals surface area contributed by atoms with Gasteiger partial charge in [-0.3, -0.25) is 0 Å². The zero-order valence-electron chi connectivity index (χ0n) is 15.6. The maximum atomic E-state index is 5.53. The van der Waals surface area contributed by atoms with Gasteiger partial charge in [0.15, 0.2) is 0 Å². The fraction of sp³-hybridized carbons (Fsp3) is 0.273. The van der Waals surface area contributed by atoms with Gasteiger partial charge in [0.1, 0.15) is 12.4 Å². The van der Waals surface area contributed by atoms with Gasteiger partial charge in [-0.25, -0.2) is 4.68 Å². The number of hydrogen-bond donors (Lipinski definition) is 0. The fourth-order valence-corrected chi connectivity index (χ4v) is 3.44. The highest BCUT2D eigenvalue weighted by molar-refractivity contribution is 5.88. The lowest BCUT2D eigenvalue weighted by molar-refractivity contribution is 0.132. The molecule has 1 saturated heterocycles. The molecule has 0 aliphatic carbocycles. The normalized spacial score (nSPS) is 14.2. The van der Waals surface area contributed by atoms with E-state index < -0.39 is 0 Å². The van der Waals surface area contributed by atoms with Gasteiger partial charge in [-0.05, 0) is 37.5 Å². The molecule has 5 nitrogen and oxygen atoms in total. The topological polar surface area (TPSA) is 42.7 Å². The van der Waals surface area contributed by atoms with Gasteiger partial charge >= 0.3 is 0 Å². The van der Waals surface area contributed by atoms with Crippen molar-refractivity contribution in [3.8, 4) is 5.69 Å². The Balaban J connectivity index is 1.61. The highest BCUT2D eigenvalue weighted by atomic mass is 16.6. The zero-order valence-corrected chi connectivity index (χ0v) is 15.6. The van der Waals surface area contributed by atoms with E-state index in [4.69, 9.17) is 9.94 Å². The van der Waals surface area contributed by atoms with Crippen molar-refractivity contribution in [1.82, 2.24) is 9.78 Å². The van der Waals surface area contributed by atoms with E-state index in [2.05, 4.69) is 22.2 Å². The van der Waals surface area contributed by atoms with Crippen LogP contribution < -0.4 is 4.90 Å². The van der Waals surface area contributed by atoms with Gasteiger partial charge in [-0.1, -0.05) is 53.7 Å². The molecule has 2 aromatic carbocycles. The highest BCUT2D eigenvalue weighted by Gasteiger charge is 2.23. The van der Waals surface area contributed by atoms with Crippen LogP contribution in [0.4, 0.5) is 5.82 Å². The first-order valence-electron chi connectivity index (χ1n) is 9.42. The average Bonchev–Trinajstić information content (AvgIpc) is 3.35. The second kappa shape index (κ2) is 8.08. The van der Waals surface area contributed by atoms with Gasteiger partial charge in [-0.15, -0.1) is 0 Å². The van der Waals surface area contributed by atoms with Crippen LogP contribution in [-0.4, -0.2) is 29.1 Å². The first-order valence-corrected chi connectivity index (χ1v) is 9.42. The Morgan fingerprint density at radius 3 is 2.37 bits per heavy atom. The molecule has 1 aromatic heterocycles. The molecule has 0 saturated carbocycles. The fourth-order valence-electron chi connectivity index (χ4n) is 3.44. The minimum absolute atomic E-state index is 0.461. The number of rotatable bonds is 6. The van der Waals surface area contributed by atoms with Crippen LogP contribution in [0.1, 0.15) is 29.7 Å². The summed E-state index contributed by atoms with van der Waals surface area (Å²) >= 11 is 0. The Kier molecular flexibility index (Phi) is 5.19. The minimum atomic E-state index is 0.461. The van der Waals surface area contributed by atoms with Crippen LogP contribution in [0.25, 0.3) is 5.69 Å². The summed E-state index contributed by atoms with van der Waals surface area (Å²) in [5.74, 6) is 1.10. The third-order valence-electron chi connectivity index (χ3n) is 4.82. The quantitative estimate of drug-likeness (QED) is 0.485. The van der Waals surface area contributed by atoms with E-state index in [-0.39, 0.29) is 0 Å². The standard InChI is InChI=1S/C22H24N4O/c1-18-21(16-23-27-17-19-10-4-2-5-11-19)22(25-14-8-9-15-25)26(24-18)20-12-6-3-7-13-20/h2-7,10-13,16H,8-9,14-15,17H2,1H3/b23-16+. The Labute approximate surface area is 159 Å². The third-order valence-corrected chi connectivity index (χ3v) is 4.82. The molecule has 1 fully saturated rings. The average molecular weight is 360 g/mol. The van der Waals surface area contributed by atoms with Gasteiger partial charge in [-0.2, -0.15) is 5.10 Å². The van der Waals surface area contributed by atoms with Crippen LogP contribution in [0.3, 0.4) is 0 Å². The maximum absolute atomic E-state index is 5.53. The minimum Gasteiger partial charge on any atom is -0.391 e. The summed E-state index contributed by atoms with van der Waals surface area (Å²) in [6.07, 6.45) is 4.22. The number of nitrogens with zero attached hydrogens (tertiary/aromatic N) is 4. The van der Waals surface area contributed by atoms with Crippen molar-refractivity contribution < 1.29 is 4.84 Å². The third kappa shape index (κ3) is 3.87. The van der Waals surface area contributed by atoms with E-state index in [1.807, 2.05) is 60.1 Å². The predicted octanol–water partition coefficient (Wildman–Crippen LogP) is 4.33. The van der Waals surface area contributed by atoms with E-state index in [1.54, 1.807) is 6.21 Å². The number of aryl methyl sites for hydroxylation is 1. The largest absolute Gasteiger partial charge is 0.391 e. The van der Waals surface area contributed by atoms with E-state index in [0.717, 1.165) is 41.4 Å². The van der Waals surface area contributed by atoms with E-state index >= 15 is 0 Å². The molecular weight excluding hydrogens is 336 g/mol. The predicted molar refractivity (Wildman–Crippen MR) is 109 cm³/mol. The van der Waals surface area contributed by atoms with Crippen molar-refractivity contribution >= 4 is 12.0 Å². The van der Waals surface area contributed by atoms with Crippen molar-refractivity contribution in [2.24, 2.45) is 5.16 Å². The van der Waals surface area contributed by atoms with Crippen LogP contribution in [0.2, 0.25) is 0 Å². The number of aromatic nitrogens is 2. The molecule has 1 aliphatic rings. The van der Waals surface area contributed by atoms with Crippen LogP contribution in [0.15, 0.2) is 65.8 Å². The summed E-state index contributed by atoms with van der Waals surface area (Å²) in [7, 11) is 0. The van der Waals surface area contributed by atoms with Crippen LogP contribution >= 0.6 is 0 Å². The molecular formula is C22H24N4O. The summed E-state index contributed by atoms with van der Waals surface area (Å²) in [4.78, 5) is 7.92. The first-order chi connectivity index (χ1) is 13.3. The highest BCUT2D eigenvalue weighted by Crippen LogP contribution is 2.29. The summed E-state index contributed by atoms with van der Waals surface area (Å²) in [6.45, 7) is 4.58. The molecule has 0 radical (unpaired) electrons. The molecule has 138 valence electrons. The van der Waals surface area contributed by atoms with Gasteiger partial charge in [0.25, 0.3) is 0 Å². The molecule has 0 atom stereocenters. The van der Waals surface area contributed by atoms with Crippen molar-refractivity contribution in [2.45, 2.75) is 26.4 Å². The Morgan fingerprint density at radius 1 is 1.00 bits per heavy atom. The van der Waals surface area contributed by atoms with Crippen molar-refractivity contribution in [3.05, 3.63) is 77.5 Å². The number of anilines is 1. The molecule has 5 heteroatoms. The van der Waals surface area contributed by atoms with Gasteiger partial charge in [0.2, 0.25) is 0 Å². The number of benzene rings is 2. The lowest BCUT2D eigenvalue weighted by atomic mass is 10.2. The van der Waals surface area contributed by atoms with Gasteiger partial charge in [0.05, 0.1) is 23.2 Å². The first kappa shape index (κ1) is 17.3. The monoisotopic (exact) mass is 360 g/mol. The summed E-state index contributed by atoms with van der Waals surface area (Å²) in [5, 5.41) is 9.02. The van der Waals surface area contributed by atoms with Crippen LogP contribution in [-0.2, 0) is 11.4 Å². The van der Waals surface area contributed by atoms with Crippen molar-refractivity contribution in [2.75, 3.05) is 18.0 Å². The van der Waals surface area contributed by atoms with Crippen molar-refractivity contribution in [1.29, 1.82) is 0 Å². The second-order valence-corrected chi connectivity index (χ2v) is 6.76. The van der Waals surface area contributed by atoms with Gasteiger partial charge in [0, 0.05) is 13.1 Å². The van der Waals surface area contributed by atoms with E-state index in [0.29, 0.717) is 6.61 Å². The molecule has 0 amide bonds. The Bertz CT molecular complexity index is 897. The van der Waals surface area contributed by atoms with E-state index in [1.165, 1.54) is 12.8 Å². The smallest absolute Gasteiger partial charge is 0.142 e. The molecule has 3 aromatic rings. The second-order valence-electron chi connectivity index (χ2n) is 6.76. The molecule has 0 bridgehead atoms. The number of oxime groups is 1. The molecule has 1 aliphatic heterocycles. The number of para-hydroxylation sites is 1. The SMILES string of the molecule is Cc1nn(-c2ccccc2)c(N2CCCC2)c1/C=N/OCc1ccccc1. The molecule has 4 rings (SSSR count). The van der Waals surface area contributed by atoms with Gasteiger partial charge < -0.3 is 9.74 Å².